The van der Waals surface area contributed by atoms with Crippen LogP contribution in [0.3, 0.4) is 0 Å². The Kier molecular flexibility index (Phi) is 5.31. The van der Waals surface area contributed by atoms with Gasteiger partial charge in [-0.3, -0.25) is 0 Å². The lowest BCUT2D eigenvalue weighted by molar-refractivity contribution is -0.00510. The first kappa shape index (κ1) is 14.4. The van der Waals surface area contributed by atoms with Crippen molar-refractivity contribution >= 4 is 29.1 Å². The number of allylic oxidation sites excluding steroid dienone is 2. The fourth-order valence-corrected chi connectivity index (χ4v) is 3.16. The van der Waals surface area contributed by atoms with Gasteiger partial charge in [-0.1, -0.05) is 25.4 Å². The molecule has 3 nitrogen and oxygen atoms in total. The third-order valence-electron chi connectivity index (χ3n) is 2.35. The third-order valence-corrected chi connectivity index (χ3v) is 4.56. The van der Waals surface area contributed by atoms with Crippen LogP contribution in [0.25, 0.3) is 5.53 Å². The van der Waals surface area contributed by atoms with Crippen LogP contribution < -0.4 is 0 Å². The Morgan fingerprint density at radius 1 is 1.47 bits per heavy atom. The zero-order valence-electron chi connectivity index (χ0n) is 10.6. The Morgan fingerprint density at radius 2 is 2.12 bits per heavy atom. The quantitative estimate of drug-likeness (QED) is 0.582. The van der Waals surface area contributed by atoms with Crippen LogP contribution in [0.4, 0.5) is 0 Å². The molecular weight excluding hydrogens is 254 g/mol. The summed E-state index contributed by atoms with van der Waals surface area (Å²) < 4.78 is 0. The van der Waals surface area contributed by atoms with Crippen molar-refractivity contribution in [2.24, 2.45) is 5.92 Å². The van der Waals surface area contributed by atoms with Crippen LogP contribution in [-0.2, 0) is 0 Å². The van der Waals surface area contributed by atoms with E-state index in [9.17, 15) is 0 Å². The Hall–Kier alpha value is -0.700. The van der Waals surface area contributed by atoms with Gasteiger partial charge in [-0.05, 0) is 17.7 Å². The van der Waals surface area contributed by atoms with Gasteiger partial charge >= 0.3 is 5.71 Å². The number of rotatable bonds is 4. The molecule has 0 radical (unpaired) electrons. The van der Waals surface area contributed by atoms with E-state index in [1.807, 2.05) is 31.1 Å². The molecule has 0 bridgehead atoms. The first-order chi connectivity index (χ1) is 7.97. The van der Waals surface area contributed by atoms with Gasteiger partial charge in [0, 0.05) is 20.2 Å². The molecule has 0 aromatic rings. The van der Waals surface area contributed by atoms with E-state index in [2.05, 4.69) is 18.6 Å². The summed E-state index contributed by atoms with van der Waals surface area (Å²) in [6.07, 6.45) is 3.70. The second-order valence-electron chi connectivity index (χ2n) is 4.59. The molecule has 1 atom stereocenters. The molecule has 0 fully saturated rings. The van der Waals surface area contributed by atoms with Gasteiger partial charge in [0.05, 0.1) is 10.7 Å². The topological polar surface area (TPSA) is 39.6 Å². The van der Waals surface area contributed by atoms with E-state index >= 15 is 0 Å². The van der Waals surface area contributed by atoms with E-state index in [1.54, 1.807) is 11.8 Å². The zero-order valence-corrected chi connectivity index (χ0v) is 12.2. The molecular formula is C12H18ClN3S. The monoisotopic (exact) mass is 271 g/mol. The fraction of sp³-hybridized carbons (Fsp3) is 0.583. The largest absolute Gasteiger partial charge is 0.377 e. The maximum absolute atomic E-state index is 9.00. The van der Waals surface area contributed by atoms with E-state index in [4.69, 9.17) is 17.1 Å². The number of halogens is 1. The molecule has 0 aromatic heterocycles. The van der Waals surface area contributed by atoms with Crippen molar-refractivity contribution in [3.05, 3.63) is 28.4 Å². The molecule has 1 rings (SSSR count). The van der Waals surface area contributed by atoms with Gasteiger partial charge in [0.15, 0.2) is 0 Å². The van der Waals surface area contributed by atoms with Gasteiger partial charge in [0.25, 0.3) is 0 Å². The lowest BCUT2D eigenvalue weighted by Crippen LogP contribution is -2.26. The molecule has 1 unspecified atom stereocenters. The highest BCUT2D eigenvalue weighted by Crippen LogP contribution is 2.32. The first-order valence-electron chi connectivity index (χ1n) is 5.56. The highest BCUT2D eigenvalue weighted by atomic mass is 35.5. The highest BCUT2D eigenvalue weighted by Gasteiger charge is 2.31. The maximum atomic E-state index is 9.00. The smallest absolute Gasteiger partial charge is 0.310 e. The molecule has 0 aliphatic heterocycles. The lowest BCUT2D eigenvalue weighted by Gasteiger charge is -2.22. The average Bonchev–Trinajstić information content (AvgIpc) is 2.26. The number of hydrogen-bond acceptors (Lipinski definition) is 2. The Bertz CT molecular complexity index is 393. The Labute approximate surface area is 112 Å². The van der Waals surface area contributed by atoms with Gasteiger partial charge in [-0.15, -0.1) is 11.8 Å². The lowest BCUT2D eigenvalue weighted by atomic mass is 10.1. The third kappa shape index (κ3) is 3.63. The van der Waals surface area contributed by atoms with Crippen LogP contribution in [0, 0.1) is 5.92 Å². The molecule has 0 aromatic carbocycles. The molecule has 17 heavy (non-hydrogen) atoms. The minimum Gasteiger partial charge on any atom is -0.377 e. The van der Waals surface area contributed by atoms with Gasteiger partial charge in [-0.25, -0.2) is 0 Å². The van der Waals surface area contributed by atoms with E-state index in [-0.39, 0.29) is 5.25 Å². The standard InChI is InChI=1S/C12H18ClN3S/c1-8(2)7-17-12-9(15-14)5-6-10(11(12)13)16(3)4/h5-6,8,12H,7H2,1-4H3. The molecule has 0 amide bonds. The van der Waals surface area contributed by atoms with Gasteiger partial charge in [0.2, 0.25) is 0 Å². The van der Waals surface area contributed by atoms with E-state index < -0.39 is 0 Å². The second-order valence-corrected chi connectivity index (χ2v) is 6.14. The van der Waals surface area contributed by atoms with Crippen LogP contribution in [-0.4, -0.2) is 40.5 Å². The van der Waals surface area contributed by atoms with Crippen LogP contribution in [0.15, 0.2) is 22.9 Å². The minimum atomic E-state index is -0.0635. The van der Waals surface area contributed by atoms with Crippen molar-refractivity contribution in [2.45, 2.75) is 19.1 Å². The van der Waals surface area contributed by atoms with Crippen LogP contribution >= 0.6 is 23.4 Å². The number of likely N-dealkylation sites (N-methyl/N-ethyl adjacent to an activating group) is 1. The summed E-state index contributed by atoms with van der Waals surface area (Å²) in [5, 5.41) is 0.669. The van der Waals surface area contributed by atoms with Crippen molar-refractivity contribution in [3.8, 4) is 0 Å². The highest BCUT2D eigenvalue weighted by molar-refractivity contribution is 8.00. The number of nitrogens with zero attached hydrogens (tertiary/aromatic N) is 3. The van der Waals surface area contributed by atoms with Crippen molar-refractivity contribution < 1.29 is 4.79 Å². The minimum absolute atomic E-state index is 0.0635. The van der Waals surface area contributed by atoms with Crippen LogP contribution in [0.5, 0.6) is 0 Å². The van der Waals surface area contributed by atoms with Crippen molar-refractivity contribution in [2.75, 3.05) is 19.8 Å². The maximum Gasteiger partial charge on any atom is 0.310 e. The van der Waals surface area contributed by atoms with Gasteiger partial charge in [0.1, 0.15) is 5.25 Å². The predicted octanol–water partition coefficient (Wildman–Crippen LogP) is 3.00. The van der Waals surface area contributed by atoms with Crippen molar-refractivity contribution in [3.63, 3.8) is 0 Å². The summed E-state index contributed by atoms with van der Waals surface area (Å²) in [7, 11) is 3.90. The van der Waals surface area contributed by atoms with Crippen LogP contribution in [0.2, 0.25) is 0 Å². The summed E-state index contributed by atoms with van der Waals surface area (Å²) in [5.41, 5.74) is 10.6. The summed E-state index contributed by atoms with van der Waals surface area (Å²) in [6, 6.07) is 0. The summed E-state index contributed by atoms with van der Waals surface area (Å²) in [6.45, 7) is 4.32. The summed E-state index contributed by atoms with van der Waals surface area (Å²) in [4.78, 5) is 5.29. The summed E-state index contributed by atoms with van der Waals surface area (Å²) >= 11 is 8.08. The predicted molar refractivity (Wildman–Crippen MR) is 75.4 cm³/mol. The zero-order chi connectivity index (χ0) is 13.0. The Morgan fingerprint density at radius 3 is 2.59 bits per heavy atom. The fourth-order valence-electron chi connectivity index (χ4n) is 1.49. The molecule has 0 saturated heterocycles. The van der Waals surface area contributed by atoms with Crippen molar-refractivity contribution in [1.29, 1.82) is 0 Å². The van der Waals surface area contributed by atoms with E-state index in [1.165, 1.54) is 0 Å². The molecule has 0 spiro atoms. The second kappa shape index (κ2) is 6.29. The molecule has 1 aliphatic carbocycles. The molecule has 1 aliphatic rings. The molecule has 0 saturated carbocycles. The SMILES string of the molecule is CC(C)CSC1C(=[N+]=[N-])C=CC(N(C)C)=C1Cl. The van der Waals surface area contributed by atoms with E-state index in [0.29, 0.717) is 11.6 Å². The molecule has 94 valence electrons. The summed E-state index contributed by atoms with van der Waals surface area (Å²) in [5.74, 6) is 1.56. The number of hydrogen-bond donors (Lipinski definition) is 0. The van der Waals surface area contributed by atoms with Crippen molar-refractivity contribution in [1.82, 2.24) is 4.90 Å². The number of thioether (sulfide) groups is 1. The van der Waals surface area contributed by atoms with Gasteiger partial charge < -0.3 is 10.4 Å². The van der Waals surface area contributed by atoms with Gasteiger partial charge in [-0.2, -0.15) is 4.79 Å². The molecule has 0 heterocycles. The van der Waals surface area contributed by atoms with Crippen LogP contribution in [0.1, 0.15) is 13.8 Å². The normalized spacial score (nSPS) is 19.9. The van der Waals surface area contributed by atoms with E-state index in [0.717, 1.165) is 16.5 Å². The Balaban J connectivity index is 2.96. The average molecular weight is 272 g/mol. The first-order valence-corrected chi connectivity index (χ1v) is 6.98. The molecule has 5 heteroatoms. The molecule has 0 N–H and O–H groups in total.